The van der Waals surface area contributed by atoms with Gasteiger partial charge in [-0.05, 0) is 105 Å². The summed E-state index contributed by atoms with van der Waals surface area (Å²) in [5, 5.41) is 12.7. The van der Waals surface area contributed by atoms with Crippen molar-refractivity contribution in [1.29, 1.82) is 0 Å². The number of hydrogen-bond donors (Lipinski definition) is 0. The molecule has 0 aromatic carbocycles. The average molecular weight is 563 g/mol. The minimum absolute atomic E-state index is 0. The van der Waals surface area contributed by atoms with Crippen LogP contribution in [0.4, 0.5) is 0 Å². The summed E-state index contributed by atoms with van der Waals surface area (Å²) in [6.07, 6.45) is 10.6. The third-order valence-corrected chi connectivity index (χ3v) is 8.34. The van der Waals surface area contributed by atoms with Crippen LogP contribution in [-0.4, -0.2) is 17.1 Å². The Morgan fingerprint density at radius 1 is 0.692 bits per heavy atom. The van der Waals surface area contributed by atoms with E-state index in [1.165, 1.54) is 22.3 Å². The quantitative estimate of drug-likeness (QED) is 0.296. The summed E-state index contributed by atoms with van der Waals surface area (Å²) in [4.78, 5) is 20.3. The molecule has 5 nitrogen and oxygen atoms in total. The van der Waals surface area contributed by atoms with Crippen LogP contribution in [0, 0.1) is 6.92 Å². The number of allylic oxidation sites excluding steroid dienone is 9. The van der Waals surface area contributed by atoms with Crippen molar-refractivity contribution in [2.24, 2.45) is 15.0 Å². The molecule has 0 unspecified atom stereocenters. The van der Waals surface area contributed by atoms with Gasteiger partial charge in [-0.15, -0.1) is 17.6 Å². The number of nitrogens with zero attached hydrogens (tertiary/aromatic N) is 4. The molecular formula is C33H36N4NiO. The van der Waals surface area contributed by atoms with E-state index in [2.05, 4.69) is 73.6 Å². The standard InChI is InChI=1S/C33H37N4O.Ni/c1-9-21-17(5)26-13-28-19(7)24(12-4)33(36-28)25(16-38)32-20(8)23(11-3)31(37-32)14-27-18(6)22(10-2)30(35-27)15-29(21)34-26;/h13-16H,9-12H2,1-8H3,(H-,34,35,36,37,38);/q-1;+2/p-1. The molecular weight excluding hydrogens is 527 g/mol. The van der Waals surface area contributed by atoms with Crippen LogP contribution in [-0.2, 0) is 22.9 Å². The molecule has 4 aliphatic heterocycles. The van der Waals surface area contributed by atoms with Gasteiger partial charge < -0.3 is 10.1 Å². The third-order valence-electron chi connectivity index (χ3n) is 8.34. The molecule has 1 aromatic heterocycles. The van der Waals surface area contributed by atoms with E-state index in [1.54, 1.807) is 0 Å². The Morgan fingerprint density at radius 3 is 1.90 bits per heavy atom. The summed E-state index contributed by atoms with van der Waals surface area (Å²) in [5.41, 5.74) is 16.7. The third kappa shape index (κ3) is 4.53. The van der Waals surface area contributed by atoms with Crippen LogP contribution in [0.5, 0.6) is 0 Å². The molecule has 8 bridgehead atoms. The number of rotatable bonds is 4. The fourth-order valence-corrected chi connectivity index (χ4v) is 6.11. The molecule has 0 fully saturated rings. The first-order valence-corrected chi connectivity index (χ1v) is 13.8. The second-order valence-electron chi connectivity index (χ2n) is 10.2. The first kappa shape index (κ1) is 28.8. The van der Waals surface area contributed by atoms with E-state index in [0.717, 1.165) is 99.8 Å². The number of hydrogen-bond acceptors (Lipinski definition) is 4. The van der Waals surface area contributed by atoms with Crippen molar-refractivity contribution >= 4 is 28.8 Å². The minimum atomic E-state index is 0. The molecule has 0 amide bonds. The predicted molar refractivity (Wildman–Crippen MR) is 157 cm³/mol. The van der Waals surface area contributed by atoms with Crippen LogP contribution >= 0.6 is 0 Å². The van der Waals surface area contributed by atoms with Gasteiger partial charge in [-0.1, -0.05) is 44.9 Å². The van der Waals surface area contributed by atoms with Crippen molar-refractivity contribution in [1.82, 2.24) is 4.98 Å². The molecule has 0 saturated heterocycles. The summed E-state index contributed by atoms with van der Waals surface area (Å²) in [5.74, 6) is 0. The molecule has 204 valence electrons. The predicted octanol–water partition coefficient (Wildman–Crippen LogP) is 6.88. The number of fused-ring (bicyclic) bond motifs is 5. The fourth-order valence-electron chi connectivity index (χ4n) is 6.11. The van der Waals surface area contributed by atoms with E-state index in [0.29, 0.717) is 5.57 Å². The van der Waals surface area contributed by atoms with Crippen molar-refractivity contribution in [2.45, 2.75) is 81.1 Å². The van der Waals surface area contributed by atoms with Crippen LogP contribution < -0.4 is 10.1 Å². The van der Waals surface area contributed by atoms with Crippen LogP contribution in [0.2, 0.25) is 0 Å². The van der Waals surface area contributed by atoms with Crippen molar-refractivity contribution < 1.29 is 21.6 Å². The largest absolute Gasteiger partial charge is 2.00 e. The molecule has 1 aromatic rings. The van der Waals surface area contributed by atoms with Crippen LogP contribution in [0.1, 0.15) is 90.2 Å². The molecule has 6 heteroatoms. The first-order valence-electron chi connectivity index (χ1n) is 13.8. The monoisotopic (exact) mass is 562 g/mol. The molecule has 5 heterocycles. The van der Waals surface area contributed by atoms with Gasteiger partial charge in [0, 0.05) is 0 Å². The van der Waals surface area contributed by atoms with E-state index in [4.69, 9.17) is 20.0 Å². The molecule has 0 saturated carbocycles. The molecule has 0 atom stereocenters. The zero-order valence-electron chi connectivity index (χ0n) is 24.2. The Hall–Kier alpha value is -3.24. The molecule has 0 spiro atoms. The summed E-state index contributed by atoms with van der Waals surface area (Å²) in [6.45, 7) is 17.0. The fraction of sp³-hybridized carbons (Fsp3) is 0.364. The Morgan fingerprint density at radius 2 is 1.28 bits per heavy atom. The molecule has 0 N–H and O–H groups in total. The zero-order valence-corrected chi connectivity index (χ0v) is 25.1. The van der Waals surface area contributed by atoms with Gasteiger partial charge in [-0.3, -0.25) is 0 Å². The zero-order chi connectivity index (χ0) is 27.3. The van der Waals surface area contributed by atoms with Crippen LogP contribution in [0.15, 0.2) is 83.9 Å². The second kappa shape index (κ2) is 11.1. The topological polar surface area (TPSA) is 74.2 Å². The van der Waals surface area contributed by atoms with Gasteiger partial charge in [0.05, 0.1) is 34.2 Å². The van der Waals surface area contributed by atoms with Crippen molar-refractivity contribution in [3.8, 4) is 0 Å². The summed E-state index contributed by atoms with van der Waals surface area (Å²) in [7, 11) is 0. The van der Waals surface area contributed by atoms with Gasteiger partial charge in [0.1, 0.15) is 0 Å². The van der Waals surface area contributed by atoms with Gasteiger partial charge in [-0.25, -0.2) is 15.0 Å². The van der Waals surface area contributed by atoms with E-state index < -0.39 is 0 Å². The maximum Gasteiger partial charge on any atom is 2.00 e. The maximum atomic E-state index is 12.7. The SMILES string of the molecule is CCC1=C(C)C2=NC1=CC1=NC(=Cc3[n-]c(c(CC)c3C)/C(=C/[O-])C3=NC(=C2)C(CC)=C3C)C(C)=C1CC.[Ni+2]. The van der Waals surface area contributed by atoms with Crippen LogP contribution in [0.3, 0.4) is 0 Å². The van der Waals surface area contributed by atoms with E-state index >= 15 is 0 Å². The Balaban J connectivity index is 0.00000353. The normalized spacial score (nSPS) is 19.7. The van der Waals surface area contributed by atoms with Gasteiger partial charge in [0.15, 0.2) is 0 Å². The Bertz CT molecular complexity index is 1570. The van der Waals surface area contributed by atoms with Crippen molar-refractivity contribution in [2.75, 3.05) is 0 Å². The number of aliphatic imine (C=N–C) groups is 3. The maximum absolute atomic E-state index is 12.7. The summed E-state index contributed by atoms with van der Waals surface area (Å²) in [6, 6.07) is 0. The van der Waals surface area contributed by atoms with Gasteiger partial charge in [-0.2, -0.15) is 0 Å². The Labute approximate surface area is 242 Å². The van der Waals surface area contributed by atoms with E-state index in [9.17, 15) is 5.11 Å². The van der Waals surface area contributed by atoms with E-state index in [-0.39, 0.29) is 16.5 Å². The number of aromatic nitrogens is 1. The molecule has 5 rings (SSSR count). The van der Waals surface area contributed by atoms with Gasteiger partial charge >= 0.3 is 16.5 Å². The molecule has 39 heavy (non-hydrogen) atoms. The first-order chi connectivity index (χ1) is 18.3. The van der Waals surface area contributed by atoms with Crippen LogP contribution in [0.25, 0.3) is 11.6 Å². The van der Waals surface area contributed by atoms with Crippen molar-refractivity contribution in [3.63, 3.8) is 0 Å². The van der Waals surface area contributed by atoms with Crippen molar-refractivity contribution in [3.05, 3.63) is 91.5 Å². The minimum Gasteiger partial charge on any atom is -0.877 e. The Kier molecular flexibility index (Phi) is 8.18. The smallest absolute Gasteiger partial charge is 0.877 e. The van der Waals surface area contributed by atoms with E-state index in [1.807, 2.05) is 0 Å². The molecule has 0 radical (unpaired) electrons. The van der Waals surface area contributed by atoms with Gasteiger partial charge in [0.25, 0.3) is 0 Å². The summed E-state index contributed by atoms with van der Waals surface area (Å²) < 4.78 is 0. The average Bonchev–Trinajstić information content (AvgIpc) is 3.57. The molecule has 4 aliphatic rings. The van der Waals surface area contributed by atoms with Gasteiger partial charge in [0.2, 0.25) is 0 Å². The molecule has 0 aliphatic carbocycles. The summed E-state index contributed by atoms with van der Waals surface area (Å²) >= 11 is 0. The second-order valence-corrected chi connectivity index (χ2v) is 10.2.